The number of aryl methyl sites for hydroxylation is 1. The van der Waals surface area contributed by atoms with Crippen molar-refractivity contribution in [3.63, 3.8) is 0 Å². The number of rotatable bonds is 2. The molecule has 0 atom stereocenters. The van der Waals surface area contributed by atoms with Crippen molar-refractivity contribution in [3.05, 3.63) is 39.7 Å². The lowest BCUT2D eigenvalue weighted by molar-refractivity contribution is 0.926. The van der Waals surface area contributed by atoms with Gasteiger partial charge >= 0.3 is 0 Å². The van der Waals surface area contributed by atoms with E-state index in [1.807, 2.05) is 6.92 Å². The summed E-state index contributed by atoms with van der Waals surface area (Å²) in [6.07, 6.45) is 1.44. The van der Waals surface area contributed by atoms with Gasteiger partial charge in [0.1, 0.15) is 5.03 Å². The van der Waals surface area contributed by atoms with Gasteiger partial charge in [-0.15, -0.1) is 0 Å². The van der Waals surface area contributed by atoms with Gasteiger partial charge in [0.25, 0.3) is 5.56 Å². The zero-order chi connectivity index (χ0) is 11.5. The van der Waals surface area contributed by atoms with E-state index >= 15 is 0 Å². The van der Waals surface area contributed by atoms with Crippen LogP contribution in [-0.2, 0) is 0 Å². The van der Waals surface area contributed by atoms with Gasteiger partial charge in [0, 0.05) is 18.0 Å². The van der Waals surface area contributed by atoms with Gasteiger partial charge in [-0.05, 0) is 36.4 Å². The molecule has 2 rings (SSSR count). The molecule has 0 amide bonds. The van der Waals surface area contributed by atoms with E-state index in [4.69, 9.17) is 11.6 Å². The third kappa shape index (κ3) is 2.80. The molecule has 0 bridgehead atoms. The van der Waals surface area contributed by atoms with Gasteiger partial charge in [-0.25, -0.2) is 15.0 Å². The molecule has 2 aromatic rings. The number of aromatic nitrogens is 4. The first-order chi connectivity index (χ1) is 7.63. The van der Waals surface area contributed by atoms with Crippen LogP contribution < -0.4 is 5.56 Å². The van der Waals surface area contributed by atoms with Crippen molar-refractivity contribution in [1.29, 1.82) is 0 Å². The molecule has 82 valence electrons. The predicted molar refractivity (Wildman–Crippen MR) is 60.8 cm³/mol. The van der Waals surface area contributed by atoms with E-state index in [9.17, 15) is 4.79 Å². The SMILES string of the molecule is Cc1cc(Sc2nccc(=O)[nH]2)nc(Cl)n1. The lowest BCUT2D eigenvalue weighted by Gasteiger charge is -2.00. The molecule has 1 N–H and O–H groups in total. The van der Waals surface area contributed by atoms with Gasteiger partial charge in [0.05, 0.1) is 0 Å². The van der Waals surface area contributed by atoms with Gasteiger partial charge in [-0.3, -0.25) is 4.79 Å². The number of nitrogens with one attached hydrogen (secondary N) is 1. The van der Waals surface area contributed by atoms with Crippen LogP contribution in [-0.4, -0.2) is 19.9 Å². The monoisotopic (exact) mass is 254 g/mol. The Balaban J connectivity index is 2.30. The number of H-pyrrole nitrogens is 1. The fraction of sp³-hybridized carbons (Fsp3) is 0.111. The molecule has 0 aliphatic rings. The zero-order valence-corrected chi connectivity index (χ0v) is 9.84. The maximum atomic E-state index is 11.0. The number of hydrogen-bond acceptors (Lipinski definition) is 5. The second-order valence-corrected chi connectivity index (χ2v) is 4.31. The Morgan fingerprint density at radius 2 is 2.25 bits per heavy atom. The molecule has 0 saturated heterocycles. The van der Waals surface area contributed by atoms with Crippen molar-refractivity contribution in [2.24, 2.45) is 0 Å². The second-order valence-electron chi connectivity index (χ2n) is 2.96. The van der Waals surface area contributed by atoms with Gasteiger partial charge in [-0.2, -0.15) is 0 Å². The fourth-order valence-corrected chi connectivity index (χ4v) is 2.16. The molecule has 16 heavy (non-hydrogen) atoms. The molecular weight excluding hydrogens is 248 g/mol. The Morgan fingerprint density at radius 3 is 2.94 bits per heavy atom. The third-order valence-corrected chi connectivity index (χ3v) is 2.64. The van der Waals surface area contributed by atoms with E-state index in [2.05, 4.69) is 19.9 Å². The van der Waals surface area contributed by atoms with Crippen molar-refractivity contribution in [1.82, 2.24) is 19.9 Å². The Labute approximate surface area is 100 Å². The topological polar surface area (TPSA) is 71.5 Å². The first-order valence-corrected chi connectivity index (χ1v) is 5.57. The van der Waals surface area contributed by atoms with Crippen LogP contribution >= 0.6 is 23.4 Å². The molecule has 0 fully saturated rings. The van der Waals surface area contributed by atoms with Gasteiger partial charge < -0.3 is 4.98 Å². The summed E-state index contributed by atoms with van der Waals surface area (Å²) in [6.45, 7) is 1.82. The Bertz CT molecular complexity index is 551. The Morgan fingerprint density at radius 1 is 1.44 bits per heavy atom. The first-order valence-electron chi connectivity index (χ1n) is 4.38. The Hall–Kier alpha value is -1.40. The molecule has 0 radical (unpaired) electrons. The normalized spacial score (nSPS) is 10.4. The number of halogens is 1. The largest absolute Gasteiger partial charge is 0.301 e. The lowest BCUT2D eigenvalue weighted by atomic mass is 10.5. The van der Waals surface area contributed by atoms with Crippen LogP contribution in [0.1, 0.15) is 5.69 Å². The molecule has 0 unspecified atom stereocenters. The van der Waals surface area contributed by atoms with Crippen LogP contribution in [0.3, 0.4) is 0 Å². The average molecular weight is 255 g/mol. The summed E-state index contributed by atoms with van der Waals surface area (Å²) >= 11 is 6.95. The predicted octanol–water partition coefficient (Wildman–Crippen LogP) is 1.67. The summed E-state index contributed by atoms with van der Waals surface area (Å²) in [7, 11) is 0. The highest BCUT2D eigenvalue weighted by atomic mass is 35.5. The van der Waals surface area contributed by atoms with Gasteiger partial charge in [0.15, 0.2) is 5.16 Å². The summed E-state index contributed by atoms with van der Waals surface area (Å²) < 4.78 is 0. The minimum Gasteiger partial charge on any atom is -0.301 e. The molecule has 0 aliphatic heterocycles. The second kappa shape index (κ2) is 4.63. The van der Waals surface area contributed by atoms with Crippen LogP contribution in [0.2, 0.25) is 5.28 Å². The van der Waals surface area contributed by atoms with E-state index in [0.717, 1.165) is 5.69 Å². The maximum absolute atomic E-state index is 11.0. The highest BCUT2D eigenvalue weighted by molar-refractivity contribution is 7.99. The highest BCUT2D eigenvalue weighted by Crippen LogP contribution is 2.22. The quantitative estimate of drug-likeness (QED) is 0.652. The minimum absolute atomic E-state index is 0.181. The minimum atomic E-state index is -0.200. The molecule has 0 aromatic carbocycles. The lowest BCUT2D eigenvalue weighted by Crippen LogP contribution is -2.05. The van der Waals surface area contributed by atoms with E-state index in [-0.39, 0.29) is 10.8 Å². The van der Waals surface area contributed by atoms with Crippen molar-refractivity contribution in [3.8, 4) is 0 Å². The van der Waals surface area contributed by atoms with Gasteiger partial charge in [0.2, 0.25) is 5.28 Å². The van der Waals surface area contributed by atoms with Gasteiger partial charge in [-0.1, -0.05) is 0 Å². The maximum Gasteiger partial charge on any atom is 0.251 e. The number of nitrogens with zero attached hydrogens (tertiary/aromatic N) is 3. The first kappa shape index (κ1) is 11.1. The summed E-state index contributed by atoms with van der Waals surface area (Å²) in [5, 5.41) is 1.30. The molecule has 5 nitrogen and oxygen atoms in total. The average Bonchev–Trinajstić information content (AvgIpc) is 2.15. The number of aromatic amines is 1. The summed E-state index contributed by atoms with van der Waals surface area (Å²) in [5.41, 5.74) is 0.565. The molecular formula is C9H7ClN4OS. The van der Waals surface area contributed by atoms with E-state index in [0.29, 0.717) is 10.2 Å². The fourth-order valence-electron chi connectivity index (χ4n) is 1.06. The van der Waals surface area contributed by atoms with Crippen LogP contribution in [0.4, 0.5) is 0 Å². The van der Waals surface area contributed by atoms with Crippen molar-refractivity contribution in [2.45, 2.75) is 17.1 Å². The van der Waals surface area contributed by atoms with E-state index in [1.54, 1.807) is 6.07 Å². The molecule has 2 aromatic heterocycles. The zero-order valence-electron chi connectivity index (χ0n) is 8.27. The summed E-state index contributed by atoms with van der Waals surface area (Å²) in [4.78, 5) is 25.6. The van der Waals surface area contributed by atoms with E-state index < -0.39 is 0 Å². The number of hydrogen-bond donors (Lipinski definition) is 1. The molecule has 0 aliphatic carbocycles. The van der Waals surface area contributed by atoms with Crippen molar-refractivity contribution >= 4 is 23.4 Å². The van der Waals surface area contributed by atoms with E-state index in [1.165, 1.54) is 24.0 Å². The molecule has 0 spiro atoms. The molecule has 0 saturated carbocycles. The van der Waals surface area contributed by atoms with Crippen LogP contribution in [0.5, 0.6) is 0 Å². The van der Waals surface area contributed by atoms with Crippen LogP contribution in [0, 0.1) is 6.92 Å². The van der Waals surface area contributed by atoms with Crippen LogP contribution in [0.15, 0.2) is 33.3 Å². The van der Waals surface area contributed by atoms with Crippen LogP contribution in [0.25, 0.3) is 0 Å². The Kier molecular flexibility index (Phi) is 3.21. The third-order valence-electron chi connectivity index (χ3n) is 1.65. The highest BCUT2D eigenvalue weighted by Gasteiger charge is 2.04. The summed E-state index contributed by atoms with van der Waals surface area (Å²) in [6, 6.07) is 3.12. The smallest absolute Gasteiger partial charge is 0.251 e. The summed E-state index contributed by atoms with van der Waals surface area (Å²) in [5.74, 6) is 0. The van der Waals surface area contributed by atoms with Crippen molar-refractivity contribution in [2.75, 3.05) is 0 Å². The van der Waals surface area contributed by atoms with Crippen molar-refractivity contribution < 1.29 is 0 Å². The molecule has 2 heterocycles. The molecule has 7 heteroatoms. The standard InChI is InChI=1S/C9H7ClN4OS/c1-5-4-7(14-8(10)12-5)16-9-11-3-2-6(15)13-9/h2-4H,1H3,(H,11,13,15).